The Balaban J connectivity index is 2.47. The van der Waals surface area contributed by atoms with E-state index in [0.717, 1.165) is 31.7 Å². The zero-order valence-corrected chi connectivity index (χ0v) is 11.2. The van der Waals surface area contributed by atoms with Gasteiger partial charge in [0, 0.05) is 37.2 Å². The van der Waals surface area contributed by atoms with Crippen molar-refractivity contribution in [3.05, 3.63) is 21.9 Å². The molecule has 1 N–H and O–H groups in total. The van der Waals surface area contributed by atoms with Gasteiger partial charge in [-0.3, -0.25) is 0 Å². The minimum absolute atomic E-state index is 0.0844. The minimum atomic E-state index is -0.0844. The predicted octanol–water partition coefficient (Wildman–Crippen LogP) is 1.56. The molecule has 4 heteroatoms. The fraction of sp³-hybridized carbons (Fsp3) is 0.538. The third-order valence-corrected chi connectivity index (χ3v) is 3.26. The molecule has 0 saturated heterocycles. The molecular weight excluding hydrogens is 234 g/mol. The van der Waals surface area contributed by atoms with E-state index in [0.29, 0.717) is 0 Å². The van der Waals surface area contributed by atoms with Gasteiger partial charge in [0.15, 0.2) is 0 Å². The van der Waals surface area contributed by atoms with Crippen LogP contribution in [0.1, 0.15) is 16.9 Å². The summed E-state index contributed by atoms with van der Waals surface area (Å²) in [4.78, 5) is 3.51. The van der Waals surface area contributed by atoms with Gasteiger partial charge < -0.3 is 14.7 Å². The maximum Gasteiger partial charge on any atom is 0.104 e. The molecule has 0 aromatic carbocycles. The Morgan fingerprint density at radius 2 is 2.35 bits per heavy atom. The molecule has 1 aromatic rings. The third kappa shape index (κ3) is 5.33. The average molecular weight is 253 g/mol. The molecule has 1 rings (SSSR count). The van der Waals surface area contributed by atoms with Gasteiger partial charge in [0.2, 0.25) is 0 Å². The van der Waals surface area contributed by atoms with Gasteiger partial charge in [-0.25, -0.2) is 0 Å². The van der Waals surface area contributed by atoms with Gasteiger partial charge in [-0.2, -0.15) is 0 Å². The molecule has 17 heavy (non-hydrogen) atoms. The van der Waals surface area contributed by atoms with Gasteiger partial charge in [-0.1, -0.05) is 11.8 Å². The highest BCUT2D eigenvalue weighted by molar-refractivity contribution is 7.10. The lowest BCUT2D eigenvalue weighted by Gasteiger charge is -2.15. The van der Waals surface area contributed by atoms with Crippen LogP contribution in [-0.4, -0.2) is 43.9 Å². The van der Waals surface area contributed by atoms with Crippen molar-refractivity contribution in [2.75, 3.05) is 33.9 Å². The minimum Gasteiger partial charge on any atom is -0.385 e. The molecule has 0 unspecified atom stereocenters. The van der Waals surface area contributed by atoms with E-state index in [2.05, 4.69) is 23.8 Å². The summed E-state index contributed by atoms with van der Waals surface area (Å²) < 4.78 is 5.03. The van der Waals surface area contributed by atoms with E-state index in [4.69, 9.17) is 9.84 Å². The molecule has 94 valence electrons. The van der Waals surface area contributed by atoms with Crippen LogP contribution in [0.4, 0.5) is 0 Å². The largest absolute Gasteiger partial charge is 0.385 e. The molecule has 0 spiro atoms. The fourth-order valence-electron chi connectivity index (χ4n) is 1.51. The average Bonchev–Trinajstić information content (AvgIpc) is 2.74. The zero-order chi connectivity index (χ0) is 12.5. The number of hydrogen-bond donors (Lipinski definition) is 1. The summed E-state index contributed by atoms with van der Waals surface area (Å²) in [6, 6.07) is 2.01. The topological polar surface area (TPSA) is 32.7 Å². The molecule has 0 radical (unpaired) electrons. The molecule has 0 atom stereocenters. The van der Waals surface area contributed by atoms with Crippen molar-refractivity contribution in [3.63, 3.8) is 0 Å². The summed E-state index contributed by atoms with van der Waals surface area (Å²) in [5.41, 5.74) is 1.03. The van der Waals surface area contributed by atoms with Crippen LogP contribution in [0.25, 0.3) is 0 Å². The molecule has 0 amide bonds. The van der Waals surface area contributed by atoms with Crippen molar-refractivity contribution in [2.24, 2.45) is 0 Å². The number of aliphatic hydroxyl groups excluding tert-OH is 1. The number of nitrogens with zero attached hydrogens (tertiary/aromatic N) is 1. The number of aliphatic hydroxyl groups is 1. The molecule has 0 saturated carbocycles. The van der Waals surface area contributed by atoms with E-state index in [1.807, 2.05) is 11.4 Å². The first-order valence-electron chi connectivity index (χ1n) is 5.61. The van der Waals surface area contributed by atoms with Crippen LogP contribution in [0, 0.1) is 11.8 Å². The summed E-state index contributed by atoms with van der Waals surface area (Å²) in [6.45, 7) is 2.63. The molecule has 0 aliphatic rings. The van der Waals surface area contributed by atoms with Crippen LogP contribution in [0.2, 0.25) is 0 Å². The van der Waals surface area contributed by atoms with Crippen molar-refractivity contribution in [1.29, 1.82) is 0 Å². The summed E-state index contributed by atoms with van der Waals surface area (Å²) in [7, 11) is 3.82. The van der Waals surface area contributed by atoms with E-state index in [1.54, 1.807) is 18.4 Å². The Labute approximate surface area is 107 Å². The van der Waals surface area contributed by atoms with Crippen LogP contribution in [0.3, 0.4) is 0 Å². The van der Waals surface area contributed by atoms with E-state index in [1.165, 1.54) is 4.88 Å². The first-order valence-corrected chi connectivity index (χ1v) is 6.49. The van der Waals surface area contributed by atoms with Crippen molar-refractivity contribution in [3.8, 4) is 11.8 Å². The Hall–Kier alpha value is -0.860. The lowest BCUT2D eigenvalue weighted by molar-refractivity contribution is 0.178. The molecule has 0 aliphatic heterocycles. The first kappa shape index (κ1) is 14.2. The van der Waals surface area contributed by atoms with Gasteiger partial charge in [0.25, 0.3) is 0 Å². The lowest BCUT2D eigenvalue weighted by Crippen LogP contribution is -2.20. The molecule has 1 aromatic heterocycles. The van der Waals surface area contributed by atoms with Crippen LogP contribution < -0.4 is 0 Å². The normalized spacial score (nSPS) is 10.4. The molecule has 0 aliphatic carbocycles. The van der Waals surface area contributed by atoms with Crippen LogP contribution in [-0.2, 0) is 11.3 Å². The van der Waals surface area contributed by atoms with E-state index in [9.17, 15) is 0 Å². The molecular formula is C13H19NO2S. The van der Waals surface area contributed by atoms with E-state index >= 15 is 0 Å². The van der Waals surface area contributed by atoms with E-state index < -0.39 is 0 Å². The van der Waals surface area contributed by atoms with Gasteiger partial charge in [0.05, 0.1) is 0 Å². The van der Waals surface area contributed by atoms with E-state index in [-0.39, 0.29) is 6.61 Å². The highest BCUT2D eigenvalue weighted by Gasteiger charge is 2.05. The second kappa shape index (κ2) is 8.26. The Bertz CT molecular complexity index is 378. The lowest BCUT2D eigenvalue weighted by atomic mass is 10.2. The highest BCUT2D eigenvalue weighted by atomic mass is 32.1. The quantitative estimate of drug-likeness (QED) is 0.617. The Morgan fingerprint density at radius 1 is 1.53 bits per heavy atom. The van der Waals surface area contributed by atoms with Crippen molar-refractivity contribution >= 4 is 11.3 Å². The molecule has 0 fully saturated rings. The van der Waals surface area contributed by atoms with Crippen LogP contribution in [0.15, 0.2) is 11.4 Å². The number of rotatable bonds is 6. The Morgan fingerprint density at radius 3 is 3.06 bits per heavy atom. The van der Waals surface area contributed by atoms with Gasteiger partial charge >= 0.3 is 0 Å². The summed E-state index contributed by atoms with van der Waals surface area (Å²) in [6.07, 6.45) is 1.04. The summed E-state index contributed by atoms with van der Waals surface area (Å²) >= 11 is 1.71. The monoisotopic (exact) mass is 253 g/mol. The van der Waals surface area contributed by atoms with Crippen LogP contribution in [0.5, 0.6) is 0 Å². The SMILES string of the molecule is COCCCN(C)Cc1sccc1C#CCO. The van der Waals surface area contributed by atoms with Crippen molar-refractivity contribution in [2.45, 2.75) is 13.0 Å². The zero-order valence-electron chi connectivity index (χ0n) is 10.4. The standard InChI is InChI=1S/C13H19NO2S/c1-14(7-4-9-16-2)11-13-12(5-3-8-15)6-10-17-13/h6,10,15H,4,7-9,11H2,1-2H3. The van der Waals surface area contributed by atoms with Gasteiger partial charge in [-0.15, -0.1) is 11.3 Å². The number of methoxy groups -OCH3 is 1. The van der Waals surface area contributed by atoms with Crippen LogP contribution >= 0.6 is 11.3 Å². The fourth-order valence-corrected chi connectivity index (χ4v) is 2.42. The van der Waals surface area contributed by atoms with Crippen molar-refractivity contribution < 1.29 is 9.84 Å². The van der Waals surface area contributed by atoms with Crippen molar-refractivity contribution in [1.82, 2.24) is 4.90 Å². The highest BCUT2D eigenvalue weighted by Crippen LogP contribution is 2.17. The summed E-state index contributed by atoms with van der Waals surface area (Å²) in [5.74, 6) is 5.66. The number of thiophene rings is 1. The smallest absolute Gasteiger partial charge is 0.104 e. The maximum atomic E-state index is 8.69. The first-order chi connectivity index (χ1) is 8.27. The second-order valence-electron chi connectivity index (χ2n) is 3.80. The van der Waals surface area contributed by atoms with Gasteiger partial charge in [0.1, 0.15) is 6.61 Å². The Kier molecular flexibility index (Phi) is 6.90. The molecule has 1 heterocycles. The predicted molar refractivity (Wildman–Crippen MR) is 71.1 cm³/mol. The third-order valence-electron chi connectivity index (χ3n) is 2.35. The number of ether oxygens (including phenoxy) is 1. The second-order valence-corrected chi connectivity index (χ2v) is 4.80. The molecule has 0 bridgehead atoms. The van der Waals surface area contributed by atoms with Gasteiger partial charge in [-0.05, 0) is 24.9 Å². The molecule has 3 nitrogen and oxygen atoms in total. The maximum absolute atomic E-state index is 8.69. The number of hydrogen-bond acceptors (Lipinski definition) is 4. The summed E-state index contributed by atoms with van der Waals surface area (Å²) in [5, 5.41) is 10.7.